The molecule has 1 N–H and O–H groups in total. The molecule has 22 heavy (non-hydrogen) atoms. The first-order chi connectivity index (χ1) is 10.6. The van der Waals surface area contributed by atoms with Crippen LogP contribution < -0.4 is 14.8 Å². The molecule has 1 aliphatic rings. The molecule has 0 spiro atoms. The number of carbonyl (C=O) groups excluding carboxylic acids is 1. The number of benzene rings is 2. The summed E-state index contributed by atoms with van der Waals surface area (Å²) in [6.45, 7) is 0.238. The quantitative estimate of drug-likeness (QED) is 0.733. The van der Waals surface area contributed by atoms with E-state index in [1.807, 2.05) is 36.4 Å². The standard InChI is InChI=1S/C16H11Br2NO3/c17-12-4-3-11(8-13(12)18)19-16(20)6-2-10-1-5-14-15(7-10)22-9-21-14/h1-8H,9H2,(H,19,20)/b6-2-. The SMILES string of the molecule is O=C(/C=C\c1ccc2c(c1)OCO2)Nc1ccc(Br)c(Br)c1. The Labute approximate surface area is 144 Å². The number of hydrogen-bond acceptors (Lipinski definition) is 3. The normalized spacial score (nSPS) is 12.6. The van der Waals surface area contributed by atoms with Gasteiger partial charge in [0.25, 0.3) is 0 Å². The van der Waals surface area contributed by atoms with Crippen molar-refractivity contribution in [2.75, 3.05) is 12.1 Å². The van der Waals surface area contributed by atoms with Crippen LogP contribution >= 0.6 is 31.9 Å². The van der Waals surface area contributed by atoms with Crippen molar-refractivity contribution in [3.63, 3.8) is 0 Å². The predicted molar refractivity (Wildman–Crippen MR) is 92.1 cm³/mol. The number of nitrogens with one attached hydrogen (secondary N) is 1. The molecule has 0 unspecified atom stereocenters. The van der Waals surface area contributed by atoms with Gasteiger partial charge in [-0.25, -0.2) is 0 Å². The molecule has 0 bridgehead atoms. The zero-order chi connectivity index (χ0) is 15.5. The fourth-order valence-electron chi connectivity index (χ4n) is 1.95. The number of anilines is 1. The van der Waals surface area contributed by atoms with E-state index in [9.17, 15) is 4.79 Å². The second-order valence-electron chi connectivity index (χ2n) is 4.56. The van der Waals surface area contributed by atoms with Gasteiger partial charge >= 0.3 is 0 Å². The van der Waals surface area contributed by atoms with Crippen LogP contribution in [-0.4, -0.2) is 12.7 Å². The van der Waals surface area contributed by atoms with E-state index in [1.165, 1.54) is 6.08 Å². The van der Waals surface area contributed by atoms with Gasteiger partial charge < -0.3 is 14.8 Å². The largest absolute Gasteiger partial charge is 0.454 e. The Hall–Kier alpha value is -1.79. The minimum Gasteiger partial charge on any atom is -0.454 e. The first kappa shape index (κ1) is 15.1. The summed E-state index contributed by atoms with van der Waals surface area (Å²) >= 11 is 6.78. The van der Waals surface area contributed by atoms with Crippen molar-refractivity contribution >= 4 is 49.5 Å². The Balaban J connectivity index is 1.67. The molecular weight excluding hydrogens is 414 g/mol. The molecule has 0 saturated carbocycles. The average molecular weight is 425 g/mol. The van der Waals surface area contributed by atoms with E-state index in [2.05, 4.69) is 37.2 Å². The van der Waals surface area contributed by atoms with Crippen molar-refractivity contribution in [1.29, 1.82) is 0 Å². The van der Waals surface area contributed by atoms with E-state index in [4.69, 9.17) is 9.47 Å². The lowest BCUT2D eigenvalue weighted by atomic mass is 10.2. The number of hydrogen-bond donors (Lipinski definition) is 1. The molecule has 0 saturated heterocycles. The summed E-state index contributed by atoms with van der Waals surface area (Å²) in [5.74, 6) is 1.22. The maximum Gasteiger partial charge on any atom is 0.248 e. The van der Waals surface area contributed by atoms with Crippen LogP contribution in [-0.2, 0) is 4.79 Å². The van der Waals surface area contributed by atoms with Crippen molar-refractivity contribution in [3.05, 3.63) is 57.0 Å². The highest BCUT2D eigenvalue weighted by Crippen LogP contribution is 2.32. The molecule has 1 heterocycles. The number of carbonyl (C=O) groups is 1. The highest BCUT2D eigenvalue weighted by atomic mass is 79.9. The molecule has 2 aromatic carbocycles. The zero-order valence-electron chi connectivity index (χ0n) is 11.3. The summed E-state index contributed by atoms with van der Waals surface area (Å²) in [6.07, 6.45) is 3.21. The summed E-state index contributed by atoms with van der Waals surface area (Å²) in [4.78, 5) is 11.9. The fourth-order valence-corrected chi connectivity index (χ4v) is 2.57. The summed E-state index contributed by atoms with van der Waals surface area (Å²) < 4.78 is 12.4. The minimum atomic E-state index is -0.202. The summed E-state index contributed by atoms with van der Waals surface area (Å²) in [7, 11) is 0. The van der Waals surface area contributed by atoms with Gasteiger partial charge in [-0.2, -0.15) is 0 Å². The van der Waals surface area contributed by atoms with Crippen molar-refractivity contribution in [1.82, 2.24) is 0 Å². The van der Waals surface area contributed by atoms with E-state index in [-0.39, 0.29) is 12.7 Å². The van der Waals surface area contributed by atoms with E-state index in [0.717, 1.165) is 25.9 Å². The van der Waals surface area contributed by atoms with Crippen LogP contribution in [0.4, 0.5) is 5.69 Å². The smallest absolute Gasteiger partial charge is 0.248 e. The maximum absolute atomic E-state index is 11.9. The summed E-state index contributed by atoms with van der Waals surface area (Å²) in [5.41, 5.74) is 1.59. The van der Waals surface area contributed by atoms with Crippen LogP contribution in [0.3, 0.4) is 0 Å². The second kappa shape index (κ2) is 6.54. The van der Waals surface area contributed by atoms with Crippen LogP contribution in [0.2, 0.25) is 0 Å². The van der Waals surface area contributed by atoms with Gasteiger partial charge in [0.15, 0.2) is 11.5 Å². The summed E-state index contributed by atoms with van der Waals surface area (Å²) in [6, 6.07) is 11.0. The van der Waals surface area contributed by atoms with E-state index >= 15 is 0 Å². The lowest BCUT2D eigenvalue weighted by molar-refractivity contribution is -0.111. The Bertz CT molecular complexity index is 759. The predicted octanol–water partition coefficient (Wildman–Crippen LogP) is 4.59. The van der Waals surface area contributed by atoms with Crippen molar-refractivity contribution < 1.29 is 14.3 Å². The third kappa shape index (κ3) is 3.51. The molecule has 0 aromatic heterocycles. The number of fused-ring (bicyclic) bond motifs is 1. The lowest BCUT2D eigenvalue weighted by Gasteiger charge is -2.04. The third-order valence-electron chi connectivity index (χ3n) is 3.01. The monoisotopic (exact) mass is 423 g/mol. The minimum absolute atomic E-state index is 0.202. The number of amides is 1. The average Bonchev–Trinajstić information content (AvgIpc) is 2.96. The molecule has 0 fully saturated rings. The van der Waals surface area contributed by atoms with Gasteiger partial charge in [-0.1, -0.05) is 6.07 Å². The molecule has 2 aromatic rings. The first-order valence-corrected chi connectivity index (χ1v) is 8.04. The highest BCUT2D eigenvalue weighted by Gasteiger charge is 2.12. The zero-order valence-corrected chi connectivity index (χ0v) is 14.5. The molecular formula is C16H11Br2NO3. The van der Waals surface area contributed by atoms with Gasteiger partial charge in [-0.15, -0.1) is 0 Å². The highest BCUT2D eigenvalue weighted by molar-refractivity contribution is 9.13. The van der Waals surface area contributed by atoms with Gasteiger partial charge in [0, 0.05) is 20.7 Å². The Morgan fingerprint density at radius 3 is 2.68 bits per heavy atom. The molecule has 0 atom stereocenters. The molecule has 112 valence electrons. The van der Waals surface area contributed by atoms with Crippen LogP contribution in [0.15, 0.2) is 51.4 Å². The van der Waals surface area contributed by atoms with E-state index in [1.54, 1.807) is 6.08 Å². The van der Waals surface area contributed by atoms with Crippen LogP contribution in [0.5, 0.6) is 11.5 Å². The molecule has 0 radical (unpaired) electrons. The first-order valence-electron chi connectivity index (χ1n) is 6.45. The molecule has 3 rings (SSSR count). The topological polar surface area (TPSA) is 47.6 Å². The Kier molecular flexibility index (Phi) is 4.49. The molecule has 4 nitrogen and oxygen atoms in total. The van der Waals surface area contributed by atoms with Crippen LogP contribution in [0.1, 0.15) is 5.56 Å². The van der Waals surface area contributed by atoms with Crippen molar-refractivity contribution in [2.45, 2.75) is 0 Å². The van der Waals surface area contributed by atoms with E-state index in [0.29, 0.717) is 5.75 Å². The van der Waals surface area contributed by atoms with Gasteiger partial charge in [-0.05, 0) is 73.8 Å². The summed E-state index contributed by atoms with van der Waals surface area (Å²) in [5, 5.41) is 2.80. The Morgan fingerprint density at radius 2 is 1.86 bits per heavy atom. The van der Waals surface area contributed by atoms with Gasteiger partial charge in [0.1, 0.15) is 0 Å². The van der Waals surface area contributed by atoms with Crippen molar-refractivity contribution in [2.24, 2.45) is 0 Å². The number of halogens is 2. The van der Waals surface area contributed by atoms with Gasteiger partial charge in [0.05, 0.1) is 0 Å². The van der Waals surface area contributed by atoms with Gasteiger partial charge in [-0.3, -0.25) is 4.79 Å². The maximum atomic E-state index is 11.9. The number of ether oxygens (including phenoxy) is 2. The molecule has 1 aliphatic heterocycles. The van der Waals surface area contributed by atoms with Crippen LogP contribution in [0.25, 0.3) is 6.08 Å². The lowest BCUT2D eigenvalue weighted by Crippen LogP contribution is -2.07. The molecule has 1 amide bonds. The van der Waals surface area contributed by atoms with Crippen LogP contribution in [0, 0.1) is 0 Å². The molecule has 0 aliphatic carbocycles. The Morgan fingerprint density at radius 1 is 1.05 bits per heavy atom. The van der Waals surface area contributed by atoms with Gasteiger partial charge in [0.2, 0.25) is 12.7 Å². The number of rotatable bonds is 3. The fraction of sp³-hybridized carbons (Fsp3) is 0.0625. The van der Waals surface area contributed by atoms with E-state index < -0.39 is 0 Å². The third-order valence-corrected chi connectivity index (χ3v) is 4.89. The van der Waals surface area contributed by atoms with Crippen molar-refractivity contribution in [3.8, 4) is 11.5 Å². The second-order valence-corrected chi connectivity index (χ2v) is 6.27. The molecule has 6 heteroatoms.